The van der Waals surface area contributed by atoms with E-state index >= 15 is 4.79 Å². The molecule has 2 heterocycles. The molecule has 238 valence electrons. The fourth-order valence-electron chi connectivity index (χ4n) is 5.10. The number of hydrogen-bond donors (Lipinski definition) is 0. The van der Waals surface area contributed by atoms with Crippen LogP contribution < -0.4 is 19.3 Å². The molecule has 0 saturated carbocycles. The number of carbonyl (C=O) groups excluding carboxylic acids is 3. The summed E-state index contributed by atoms with van der Waals surface area (Å²) in [7, 11) is -9.68. The molecule has 0 fully saturated rings. The minimum atomic E-state index is -5.53. The van der Waals surface area contributed by atoms with E-state index in [1.807, 2.05) is 6.92 Å². The van der Waals surface area contributed by atoms with Gasteiger partial charge in [-0.05, 0) is 74.5 Å². The van der Waals surface area contributed by atoms with E-state index in [2.05, 4.69) is 0 Å². The van der Waals surface area contributed by atoms with Gasteiger partial charge >= 0.3 is 32.0 Å². The lowest BCUT2D eigenvalue weighted by Gasteiger charge is -2.41. The van der Waals surface area contributed by atoms with Crippen LogP contribution in [-0.4, -0.2) is 45.1 Å². The second-order valence-corrected chi connectivity index (χ2v) is 14.9. The van der Waals surface area contributed by atoms with Crippen molar-refractivity contribution < 1.29 is 43.8 Å². The Balaban J connectivity index is 1.94. The zero-order valence-electron chi connectivity index (χ0n) is 25.1. The molecule has 1 atom stereocenters. The standard InChI is InChI=1S/C31H29ClN4O8S2/c1-5-33-18-6-7-24(20-33)34(22(3)37)35-29-19-23(32)10-17-28(29)30(38)36(31(35)39,45(40,41)26-13-8-21(2)9-14-26)46(42,43)27-15-11-25(44-4)12-16-27/h6-20H,5H2,1-4H3/q+2. The molecule has 1 unspecified atom stereocenters. The van der Waals surface area contributed by atoms with Crippen molar-refractivity contribution in [1.82, 2.24) is 0 Å². The second-order valence-electron chi connectivity index (χ2n) is 10.3. The topological polar surface area (TPSA) is 139 Å². The summed E-state index contributed by atoms with van der Waals surface area (Å²) in [6.07, 6.45) is 3.21. The van der Waals surface area contributed by atoms with Gasteiger partial charge in [0.15, 0.2) is 12.4 Å². The van der Waals surface area contributed by atoms with Crippen LogP contribution in [-0.2, 0) is 31.4 Å². The molecule has 4 aromatic rings. The molecule has 0 aliphatic carbocycles. The number of quaternary nitrogens is 1. The number of sulfonamides is 2. The lowest BCUT2D eigenvalue weighted by atomic mass is 10.1. The number of amides is 4. The Bertz CT molecular complexity index is 2110. The van der Waals surface area contributed by atoms with Crippen molar-refractivity contribution in [1.29, 1.82) is 0 Å². The summed E-state index contributed by atoms with van der Waals surface area (Å²) in [5.41, 5.74) is -0.0552. The highest BCUT2D eigenvalue weighted by molar-refractivity contribution is 7.99. The number of benzene rings is 3. The van der Waals surface area contributed by atoms with Gasteiger partial charge in [-0.1, -0.05) is 29.3 Å². The summed E-state index contributed by atoms with van der Waals surface area (Å²) in [4.78, 5) is 41.9. The van der Waals surface area contributed by atoms with Crippen LogP contribution in [0.15, 0.2) is 101 Å². The summed E-state index contributed by atoms with van der Waals surface area (Å²) in [5, 5.41) is 1.44. The number of aromatic nitrogens is 1. The van der Waals surface area contributed by atoms with Crippen molar-refractivity contribution in [2.75, 3.05) is 17.1 Å². The summed E-state index contributed by atoms with van der Waals surface area (Å²) >= 11 is 6.29. The molecule has 46 heavy (non-hydrogen) atoms. The number of aryl methyl sites for hydroxylation is 2. The molecule has 1 aliphatic rings. The molecule has 1 aromatic heterocycles. The van der Waals surface area contributed by atoms with E-state index in [4.69, 9.17) is 16.3 Å². The van der Waals surface area contributed by atoms with E-state index in [1.54, 1.807) is 23.8 Å². The fraction of sp³-hybridized carbons (Fsp3) is 0.161. The number of imide groups is 1. The van der Waals surface area contributed by atoms with Gasteiger partial charge in [-0.15, -0.1) is 0 Å². The van der Waals surface area contributed by atoms with Crippen LogP contribution in [0.1, 0.15) is 29.8 Å². The number of hydrazine groups is 1. The van der Waals surface area contributed by atoms with E-state index in [0.717, 1.165) is 42.3 Å². The van der Waals surface area contributed by atoms with Gasteiger partial charge in [-0.25, -0.2) is 19.2 Å². The molecule has 0 saturated heterocycles. The molecular weight excluding hydrogens is 656 g/mol. The molecule has 4 amide bonds. The smallest absolute Gasteiger partial charge is 0.482 e. The Kier molecular flexibility index (Phi) is 8.51. The normalized spacial score (nSPS) is 16.6. The Labute approximate surface area is 271 Å². The van der Waals surface area contributed by atoms with Crippen molar-refractivity contribution in [3.63, 3.8) is 0 Å². The van der Waals surface area contributed by atoms with Crippen LogP contribution in [0.25, 0.3) is 0 Å². The van der Waals surface area contributed by atoms with Gasteiger partial charge < -0.3 is 4.74 Å². The first kappa shape index (κ1) is 32.8. The van der Waals surface area contributed by atoms with Gasteiger partial charge in [-0.2, -0.15) is 21.8 Å². The lowest BCUT2D eigenvalue weighted by Crippen LogP contribution is -2.72. The number of urea groups is 1. The number of methoxy groups -OCH3 is 1. The monoisotopic (exact) mass is 684 g/mol. The number of hydrogen-bond acceptors (Lipinski definition) is 8. The molecule has 0 radical (unpaired) electrons. The van der Waals surface area contributed by atoms with Crippen LogP contribution in [0.4, 0.5) is 16.2 Å². The number of ether oxygens (including phenoxy) is 1. The fourth-order valence-corrected chi connectivity index (χ4v) is 9.57. The third-order valence-corrected chi connectivity index (χ3v) is 12.6. The maximum atomic E-state index is 15.1. The molecule has 15 heteroatoms. The number of fused-ring (bicyclic) bond motifs is 1. The van der Waals surface area contributed by atoms with Crippen LogP contribution in [0.2, 0.25) is 5.02 Å². The summed E-state index contributed by atoms with van der Waals surface area (Å²) in [6.45, 7) is 5.08. The number of halogens is 1. The second kappa shape index (κ2) is 11.9. The van der Waals surface area contributed by atoms with Gasteiger partial charge in [0.25, 0.3) is 0 Å². The number of anilines is 2. The number of nitrogens with zero attached hydrogens (tertiary/aromatic N) is 4. The average molecular weight is 685 g/mol. The quantitative estimate of drug-likeness (QED) is 0.194. The van der Waals surface area contributed by atoms with Gasteiger partial charge in [0.05, 0.1) is 12.8 Å². The first-order valence-electron chi connectivity index (χ1n) is 13.8. The molecule has 3 aromatic carbocycles. The highest BCUT2D eigenvalue weighted by Gasteiger charge is 2.73. The number of pyridine rings is 1. The Morgan fingerprint density at radius 1 is 0.935 bits per heavy atom. The molecule has 5 rings (SSSR count). The van der Waals surface area contributed by atoms with Crippen molar-refractivity contribution in [2.24, 2.45) is 0 Å². The lowest BCUT2D eigenvalue weighted by molar-refractivity contribution is -0.693. The van der Waals surface area contributed by atoms with E-state index in [9.17, 15) is 26.4 Å². The third-order valence-electron chi connectivity index (χ3n) is 7.42. The van der Waals surface area contributed by atoms with Gasteiger partial charge in [-0.3, -0.25) is 4.79 Å². The van der Waals surface area contributed by atoms with Crippen LogP contribution in [0.5, 0.6) is 5.75 Å². The average Bonchev–Trinajstić information content (AvgIpc) is 3.03. The van der Waals surface area contributed by atoms with Crippen molar-refractivity contribution >= 4 is 60.9 Å². The zero-order valence-corrected chi connectivity index (χ0v) is 27.5. The first-order chi connectivity index (χ1) is 21.7. The molecule has 0 spiro atoms. The van der Waals surface area contributed by atoms with Crippen LogP contribution >= 0.6 is 11.6 Å². The minimum absolute atomic E-state index is 0.0314. The molecular formula is C31H29ClN4O8S2+2. The summed E-state index contributed by atoms with van der Waals surface area (Å²) in [5.74, 6) is -2.14. The highest BCUT2D eigenvalue weighted by Crippen LogP contribution is 2.45. The maximum Gasteiger partial charge on any atom is 0.482 e. The minimum Gasteiger partial charge on any atom is -0.497 e. The van der Waals surface area contributed by atoms with Crippen LogP contribution in [0.3, 0.4) is 0 Å². The number of carbonyl (C=O) groups is 3. The van der Waals surface area contributed by atoms with Gasteiger partial charge in [0.2, 0.25) is 5.91 Å². The largest absolute Gasteiger partial charge is 0.497 e. The molecule has 1 aliphatic heterocycles. The highest BCUT2D eigenvalue weighted by atomic mass is 35.5. The van der Waals surface area contributed by atoms with E-state index < -0.39 is 56.5 Å². The molecule has 0 bridgehead atoms. The van der Waals surface area contributed by atoms with Gasteiger partial charge in [0.1, 0.15) is 33.3 Å². The maximum absolute atomic E-state index is 15.1. The van der Waals surface area contributed by atoms with E-state index in [-0.39, 0.29) is 22.1 Å². The summed E-state index contributed by atoms with van der Waals surface area (Å²) < 4.78 is 63.3. The van der Waals surface area contributed by atoms with E-state index in [1.165, 1.54) is 55.8 Å². The predicted molar refractivity (Wildman–Crippen MR) is 168 cm³/mol. The molecule has 0 N–H and O–H groups in total. The molecule has 12 nitrogen and oxygen atoms in total. The van der Waals surface area contributed by atoms with Crippen molar-refractivity contribution in [2.45, 2.75) is 37.1 Å². The Morgan fingerprint density at radius 3 is 2.07 bits per heavy atom. The predicted octanol–water partition coefficient (Wildman–Crippen LogP) is 4.61. The SMILES string of the molecule is CC[n+]1cccc(N(C(C)=O)N2C(=O)[N+](S(=O)(=O)c3ccc(C)cc3)(S(=O)(=O)c3ccc(OC)cc3)C(=O)c3ccc(Cl)cc32)c1. The Morgan fingerprint density at radius 2 is 1.52 bits per heavy atom. The Hall–Kier alpha value is -4.63. The van der Waals surface area contributed by atoms with Crippen LogP contribution in [0, 0.1) is 6.92 Å². The summed E-state index contributed by atoms with van der Waals surface area (Å²) in [6, 6.07) is 14.5. The van der Waals surface area contributed by atoms with E-state index in [0.29, 0.717) is 17.1 Å². The third kappa shape index (κ3) is 4.94. The van der Waals surface area contributed by atoms with Crippen molar-refractivity contribution in [3.8, 4) is 5.75 Å². The zero-order chi connectivity index (χ0) is 33.6. The van der Waals surface area contributed by atoms with Crippen molar-refractivity contribution in [3.05, 3.63) is 107 Å². The first-order valence-corrected chi connectivity index (χ1v) is 17.1. The van der Waals surface area contributed by atoms with Gasteiger partial charge in [0, 0.05) is 21.3 Å². The number of rotatable bonds is 8.